The Morgan fingerprint density at radius 1 is 1.43 bits per heavy atom. The van der Waals surface area contributed by atoms with Gasteiger partial charge in [0.05, 0.1) is 6.07 Å². The molecule has 0 bridgehead atoms. The highest BCUT2D eigenvalue weighted by atomic mass is 16.5. The number of piperidine rings is 1. The van der Waals surface area contributed by atoms with Gasteiger partial charge < -0.3 is 9.64 Å². The fraction of sp³-hybridized carbons (Fsp3) is 0.909. The molecule has 1 aliphatic rings. The van der Waals surface area contributed by atoms with Gasteiger partial charge in [-0.25, -0.2) is 0 Å². The first-order chi connectivity index (χ1) is 6.86. The van der Waals surface area contributed by atoms with Gasteiger partial charge >= 0.3 is 0 Å². The van der Waals surface area contributed by atoms with E-state index in [0.29, 0.717) is 5.92 Å². The number of nitrogens with zero attached hydrogens (tertiary/aromatic N) is 2. The molecule has 0 spiro atoms. The van der Waals surface area contributed by atoms with Crippen molar-refractivity contribution in [2.45, 2.75) is 25.7 Å². The highest BCUT2D eigenvalue weighted by Gasteiger charge is 2.17. The lowest BCUT2D eigenvalue weighted by Crippen LogP contribution is -2.34. The minimum Gasteiger partial charge on any atom is -0.385 e. The molecule has 1 heterocycles. The second kappa shape index (κ2) is 6.80. The lowest BCUT2D eigenvalue weighted by Gasteiger charge is -2.30. The summed E-state index contributed by atoms with van der Waals surface area (Å²) < 4.78 is 5.02. The molecule has 0 aromatic carbocycles. The second-order valence-electron chi connectivity index (χ2n) is 3.99. The maximum atomic E-state index is 8.58. The number of hydrogen-bond donors (Lipinski definition) is 0. The predicted molar refractivity (Wildman–Crippen MR) is 55.9 cm³/mol. The van der Waals surface area contributed by atoms with E-state index in [9.17, 15) is 0 Å². The highest BCUT2D eigenvalue weighted by Crippen LogP contribution is 2.19. The van der Waals surface area contributed by atoms with Crippen LogP contribution in [-0.4, -0.2) is 38.3 Å². The van der Waals surface area contributed by atoms with Crippen LogP contribution in [0.5, 0.6) is 0 Å². The summed E-state index contributed by atoms with van der Waals surface area (Å²) >= 11 is 0. The average Bonchev–Trinajstić information content (AvgIpc) is 2.21. The summed E-state index contributed by atoms with van der Waals surface area (Å²) in [6.07, 6.45) is 4.26. The topological polar surface area (TPSA) is 36.3 Å². The Balaban J connectivity index is 2.07. The Bertz CT molecular complexity index is 180. The highest BCUT2D eigenvalue weighted by molar-refractivity contribution is 4.80. The summed E-state index contributed by atoms with van der Waals surface area (Å²) in [5.41, 5.74) is 0. The fourth-order valence-electron chi connectivity index (χ4n) is 1.98. The third kappa shape index (κ3) is 4.08. The molecular formula is C11H20N2O. The van der Waals surface area contributed by atoms with Gasteiger partial charge in [-0.2, -0.15) is 5.26 Å². The first kappa shape index (κ1) is 11.5. The molecule has 0 radical (unpaired) electrons. The van der Waals surface area contributed by atoms with Crippen LogP contribution in [0.3, 0.4) is 0 Å². The zero-order valence-electron chi connectivity index (χ0n) is 9.04. The van der Waals surface area contributed by atoms with Gasteiger partial charge in [-0.1, -0.05) is 0 Å². The van der Waals surface area contributed by atoms with Gasteiger partial charge in [0.1, 0.15) is 0 Å². The van der Waals surface area contributed by atoms with Crippen LogP contribution >= 0.6 is 0 Å². The van der Waals surface area contributed by atoms with Crippen molar-refractivity contribution in [1.82, 2.24) is 4.90 Å². The molecule has 0 amide bonds. The van der Waals surface area contributed by atoms with Crippen molar-refractivity contribution in [2.75, 3.05) is 33.4 Å². The van der Waals surface area contributed by atoms with E-state index < -0.39 is 0 Å². The smallest absolute Gasteiger partial charge is 0.0624 e. The zero-order chi connectivity index (χ0) is 10.2. The van der Waals surface area contributed by atoms with Crippen LogP contribution in [-0.2, 0) is 4.74 Å². The summed E-state index contributed by atoms with van der Waals surface area (Å²) in [5, 5.41) is 8.58. The minimum atomic E-state index is 0.652. The normalized spacial score (nSPS) is 19.4. The van der Waals surface area contributed by atoms with E-state index in [2.05, 4.69) is 11.0 Å². The van der Waals surface area contributed by atoms with Crippen molar-refractivity contribution in [3.05, 3.63) is 0 Å². The molecular weight excluding hydrogens is 176 g/mol. The first-order valence-electron chi connectivity index (χ1n) is 5.45. The van der Waals surface area contributed by atoms with Crippen LogP contribution in [0.15, 0.2) is 0 Å². The molecule has 1 rings (SSSR count). The van der Waals surface area contributed by atoms with Gasteiger partial charge in [0.25, 0.3) is 0 Å². The standard InChI is InChI=1S/C11H20N2O/c1-14-10-2-7-13-8-4-11(3-6-12)5-9-13/h11H,2-5,7-10H2,1H3. The summed E-state index contributed by atoms with van der Waals surface area (Å²) in [6.45, 7) is 4.33. The molecule has 0 atom stereocenters. The second-order valence-corrected chi connectivity index (χ2v) is 3.99. The molecule has 0 N–H and O–H groups in total. The zero-order valence-corrected chi connectivity index (χ0v) is 9.04. The van der Waals surface area contributed by atoms with Crippen molar-refractivity contribution in [3.8, 4) is 6.07 Å². The van der Waals surface area contributed by atoms with E-state index in [1.807, 2.05) is 0 Å². The lowest BCUT2D eigenvalue weighted by atomic mass is 9.94. The van der Waals surface area contributed by atoms with E-state index in [1.165, 1.54) is 12.8 Å². The fourth-order valence-corrected chi connectivity index (χ4v) is 1.98. The summed E-state index contributed by atoms with van der Waals surface area (Å²) in [4.78, 5) is 2.48. The van der Waals surface area contributed by atoms with Gasteiger partial charge in [-0.3, -0.25) is 0 Å². The van der Waals surface area contributed by atoms with Crippen molar-refractivity contribution in [1.29, 1.82) is 5.26 Å². The molecule has 80 valence electrons. The molecule has 0 aromatic rings. The molecule has 0 aromatic heterocycles. The molecule has 3 nitrogen and oxygen atoms in total. The predicted octanol–water partition coefficient (Wildman–Crippen LogP) is 1.65. The first-order valence-corrected chi connectivity index (χ1v) is 5.45. The van der Waals surface area contributed by atoms with E-state index in [4.69, 9.17) is 10.00 Å². The third-order valence-electron chi connectivity index (χ3n) is 2.91. The largest absolute Gasteiger partial charge is 0.385 e. The van der Waals surface area contributed by atoms with Crippen LogP contribution in [0.1, 0.15) is 25.7 Å². The number of ether oxygens (including phenoxy) is 1. The summed E-state index contributed by atoms with van der Waals surface area (Å²) in [7, 11) is 1.75. The number of hydrogen-bond acceptors (Lipinski definition) is 3. The van der Waals surface area contributed by atoms with Crippen LogP contribution in [0.4, 0.5) is 0 Å². The van der Waals surface area contributed by atoms with Crippen LogP contribution < -0.4 is 0 Å². The molecule has 0 unspecified atom stereocenters. The number of rotatable bonds is 5. The molecule has 1 aliphatic heterocycles. The Morgan fingerprint density at radius 3 is 2.71 bits per heavy atom. The number of nitriles is 1. The van der Waals surface area contributed by atoms with Gasteiger partial charge in [-0.15, -0.1) is 0 Å². The van der Waals surface area contributed by atoms with Crippen LogP contribution in [0.25, 0.3) is 0 Å². The van der Waals surface area contributed by atoms with Crippen LogP contribution in [0.2, 0.25) is 0 Å². The van der Waals surface area contributed by atoms with Crippen LogP contribution in [0, 0.1) is 17.2 Å². The monoisotopic (exact) mass is 196 g/mol. The van der Waals surface area contributed by atoms with E-state index >= 15 is 0 Å². The van der Waals surface area contributed by atoms with Crippen molar-refractivity contribution in [3.63, 3.8) is 0 Å². The third-order valence-corrected chi connectivity index (χ3v) is 2.91. The molecule has 0 aliphatic carbocycles. The average molecular weight is 196 g/mol. The maximum Gasteiger partial charge on any atom is 0.0624 e. The molecule has 1 fully saturated rings. The quantitative estimate of drug-likeness (QED) is 0.627. The van der Waals surface area contributed by atoms with E-state index in [0.717, 1.165) is 39.1 Å². The van der Waals surface area contributed by atoms with Crippen molar-refractivity contribution < 1.29 is 4.74 Å². The minimum absolute atomic E-state index is 0.652. The van der Waals surface area contributed by atoms with Gasteiger partial charge in [-0.05, 0) is 38.3 Å². The Kier molecular flexibility index (Phi) is 5.58. The molecule has 14 heavy (non-hydrogen) atoms. The van der Waals surface area contributed by atoms with Gasteiger partial charge in [0, 0.05) is 26.7 Å². The molecule has 1 saturated heterocycles. The van der Waals surface area contributed by atoms with Crippen molar-refractivity contribution >= 4 is 0 Å². The Labute approximate surface area is 86.6 Å². The Hall–Kier alpha value is -0.590. The van der Waals surface area contributed by atoms with Gasteiger partial charge in [0.15, 0.2) is 0 Å². The van der Waals surface area contributed by atoms with Crippen molar-refractivity contribution in [2.24, 2.45) is 5.92 Å². The Morgan fingerprint density at radius 2 is 2.14 bits per heavy atom. The van der Waals surface area contributed by atoms with E-state index in [-0.39, 0.29) is 0 Å². The number of likely N-dealkylation sites (tertiary alicyclic amines) is 1. The molecule has 0 saturated carbocycles. The number of methoxy groups -OCH3 is 1. The SMILES string of the molecule is COCCCN1CCC(CC#N)CC1. The van der Waals surface area contributed by atoms with E-state index in [1.54, 1.807) is 7.11 Å². The van der Waals surface area contributed by atoms with Gasteiger partial charge in [0.2, 0.25) is 0 Å². The molecule has 3 heteroatoms. The summed E-state index contributed by atoms with van der Waals surface area (Å²) in [5.74, 6) is 0.652. The lowest BCUT2D eigenvalue weighted by molar-refractivity contribution is 0.147. The summed E-state index contributed by atoms with van der Waals surface area (Å²) in [6, 6.07) is 2.27. The maximum absolute atomic E-state index is 8.58.